The van der Waals surface area contributed by atoms with E-state index >= 15 is 0 Å². The average molecular weight is 315 g/mol. The van der Waals surface area contributed by atoms with E-state index in [9.17, 15) is 4.57 Å². The molecule has 4 nitrogen and oxygen atoms in total. The van der Waals surface area contributed by atoms with Gasteiger partial charge in [0.1, 0.15) is 0 Å². The van der Waals surface area contributed by atoms with E-state index < -0.39 is 13.6 Å². The third-order valence-corrected chi connectivity index (χ3v) is 3.97. The first-order valence-electron chi connectivity index (χ1n) is 7.36. The highest BCUT2D eigenvalue weighted by Crippen LogP contribution is 2.34. The molecule has 5 heteroatoms. The summed E-state index contributed by atoms with van der Waals surface area (Å²) in [6, 6.07) is -0.575. The Balaban J connectivity index is 4.15. The lowest BCUT2D eigenvalue weighted by molar-refractivity contribution is 0.371. The molecule has 21 heavy (non-hydrogen) atoms. The Morgan fingerprint density at radius 1 is 1.05 bits per heavy atom. The van der Waals surface area contributed by atoms with Crippen LogP contribution in [0, 0.1) is 0 Å². The van der Waals surface area contributed by atoms with Crippen LogP contribution in [0.5, 0.6) is 0 Å². The van der Waals surface area contributed by atoms with Crippen LogP contribution >= 0.6 is 7.60 Å². The van der Waals surface area contributed by atoms with E-state index in [1.54, 1.807) is 6.08 Å². The molecule has 0 fully saturated rings. The molecule has 0 heterocycles. The zero-order valence-electron chi connectivity index (χ0n) is 13.7. The molecule has 0 radical (unpaired) electrons. The van der Waals surface area contributed by atoms with Gasteiger partial charge in [-0.3, -0.25) is 4.57 Å². The molecule has 4 N–H and O–H groups in total. The second-order valence-corrected chi connectivity index (χ2v) is 7.63. The van der Waals surface area contributed by atoms with Crippen molar-refractivity contribution in [2.24, 2.45) is 5.73 Å². The van der Waals surface area contributed by atoms with Gasteiger partial charge < -0.3 is 15.5 Å². The molecule has 0 saturated heterocycles. The maximum atomic E-state index is 10.8. The van der Waals surface area contributed by atoms with Crippen molar-refractivity contribution >= 4 is 7.60 Å². The van der Waals surface area contributed by atoms with Gasteiger partial charge >= 0.3 is 7.60 Å². The molecule has 0 aliphatic carbocycles. The lowest BCUT2D eigenvalue weighted by Crippen LogP contribution is -2.22. The van der Waals surface area contributed by atoms with Gasteiger partial charge in [-0.25, -0.2) is 0 Å². The van der Waals surface area contributed by atoms with Crippen molar-refractivity contribution in [1.29, 1.82) is 0 Å². The maximum Gasteiger partial charge on any atom is 0.327 e. The van der Waals surface area contributed by atoms with Crippen molar-refractivity contribution in [3.05, 3.63) is 34.9 Å². The first kappa shape index (κ1) is 20.3. The van der Waals surface area contributed by atoms with Gasteiger partial charge in [0, 0.05) is 6.04 Å². The standard InChI is InChI=1S/C16H30NO3P/c1-13(2)7-5-8-14(3)9-6-10-15(4)11-16(17)12-21(18,19)20/h7,9,11,16H,5-6,8,10,12,17H2,1-4H3,(H2,18,19,20)/b14-9+,15-11+. The summed E-state index contributed by atoms with van der Waals surface area (Å²) in [7, 11) is -4.03. The Morgan fingerprint density at radius 2 is 1.57 bits per heavy atom. The quantitative estimate of drug-likeness (QED) is 0.445. The molecule has 0 aliphatic rings. The summed E-state index contributed by atoms with van der Waals surface area (Å²) in [5.74, 6) is 0. The van der Waals surface area contributed by atoms with Gasteiger partial charge in [0.2, 0.25) is 0 Å². The number of hydrogen-bond donors (Lipinski definition) is 3. The van der Waals surface area contributed by atoms with Crippen molar-refractivity contribution < 1.29 is 14.4 Å². The monoisotopic (exact) mass is 315 g/mol. The van der Waals surface area contributed by atoms with Crippen LogP contribution < -0.4 is 5.73 Å². The summed E-state index contributed by atoms with van der Waals surface area (Å²) in [5, 5.41) is 0. The van der Waals surface area contributed by atoms with Crippen LogP contribution in [0.25, 0.3) is 0 Å². The van der Waals surface area contributed by atoms with Crippen molar-refractivity contribution in [2.45, 2.75) is 59.4 Å². The van der Waals surface area contributed by atoms with Gasteiger partial charge in [-0.15, -0.1) is 0 Å². The van der Waals surface area contributed by atoms with Crippen LogP contribution in [0.1, 0.15) is 53.4 Å². The second-order valence-electron chi connectivity index (χ2n) is 5.93. The Bertz CT molecular complexity index is 442. The molecular formula is C16H30NO3P. The zero-order valence-corrected chi connectivity index (χ0v) is 14.6. The highest BCUT2D eigenvalue weighted by Gasteiger charge is 2.16. The van der Waals surface area contributed by atoms with Gasteiger partial charge in [0.25, 0.3) is 0 Å². The van der Waals surface area contributed by atoms with E-state index in [4.69, 9.17) is 15.5 Å². The smallest absolute Gasteiger partial charge is 0.324 e. The van der Waals surface area contributed by atoms with Crippen LogP contribution in [-0.2, 0) is 4.57 Å². The van der Waals surface area contributed by atoms with Crippen molar-refractivity contribution in [1.82, 2.24) is 0 Å². The number of nitrogens with two attached hydrogens (primary N) is 1. The molecule has 0 aromatic heterocycles. The molecule has 0 aliphatic heterocycles. The summed E-state index contributed by atoms with van der Waals surface area (Å²) < 4.78 is 10.8. The van der Waals surface area contributed by atoms with Gasteiger partial charge in [-0.05, 0) is 53.4 Å². The molecule has 0 bridgehead atoms. The summed E-state index contributed by atoms with van der Waals surface area (Å²) in [6.45, 7) is 8.30. The number of allylic oxidation sites excluding steroid dienone is 5. The molecular weight excluding hydrogens is 285 g/mol. The fourth-order valence-corrected chi connectivity index (χ4v) is 2.67. The Hall–Kier alpha value is -0.670. The van der Waals surface area contributed by atoms with Gasteiger partial charge in [-0.2, -0.15) is 0 Å². The van der Waals surface area contributed by atoms with E-state index in [0.717, 1.165) is 31.3 Å². The molecule has 0 rings (SSSR count). The Morgan fingerprint density at radius 3 is 2.10 bits per heavy atom. The highest BCUT2D eigenvalue weighted by atomic mass is 31.2. The van der Waals surface area contributed by atoms with Crippen LogP contribution in [0.15, 0.2) is 34.9 Å². The summed E-state index contributed by atoms with van der Waals surface area (Å²) in [4.78, 5) is 17.7. The van der Waals surface area contributed by atoms with Gasteiger partial charge in [0.05, 0.1) is 6.16 Å². The summed E-state index contributed by atoms with van der Waals surface area (Å²) in [5.41, 5.74) is 9.49. The molecule has 1 atom stereocenters. The van der Waals surface area contributed by atoms with E-state index in [1.165, 1.54) is 11.1 Å². The number of rotatable bonds is 9. The van der Waals surface area contributed by atoms with Crippen molar-refractivity contribution in [3.63, 3.8) is 0 Å². The normalized spacial score (nSPS) is 15.0. The predicted molar refractivity (Wildman–Crippen MR) is 90.3 cm³/mol. The van der Waals surface area contributed by atoms with Crippen molar-refractivity contribution in [2.75, 3.05) is 6.16 Å². The van der Waals surface area contributed by atoms with E-state index in [2.05, 4.69) is 32.9 Å². The molecule has 0 spiro atoms. The fourth-order valence-electron chi connectivity index (χ4n) is 2.01. The highest BCUT2D eigenvalue weighted by molar-refractivity contribution is 7.51. The topological polar surface area (TPSA) is 83.6 Å². The lowest BCUT2D eigenvalue weighted by atomic mass is 10.1. The van der Waals surface area contributed by atoms with Gasteiger partial charge in [-0.1, -0.05) is 34.9 Å². The SMILES string of the molecule is CC(C)=CCC/C(C)=C/CC/C(C)=C/C(N)CP(=O)(O)O. The molecule has 0 aromatic rings. The number of hydrogen-bond acceptors (Lipinski definition) is 2. The second kappa shape index (κ2) is 10.1. The van der Waals surface area contributed by atoms with Crippen LogP contribution in [0.3, 0.4) is 0 Å². The third-order valence-electron chi connectivity index (χ3n) is 3.07. The van der Waals surface area contributed by atoms with Crippen molar-refractivity contribution in [3.8, 4) is 0 Å². The molecule has 1 unspecified atom stereocenters. The molecule has 0 saturated carbocycles. The first-order valence-corrected chi connectivity index (χ1v) is 9.16. The Labute approximate surface area is 129 Å². The predicted octanol–water partition coefficient (Wildman–Crippen LogP) is 3.91. The third kappa shape index (κ3) is 14.0. The van der Waals surface area contributed by atoms with Crippen LogP contribution in [-0.4, -0.2) is 22.0 Å². The minimum absolute atomic E-state index is 0.290. The first-order chi connectivity index (χ1) is 9.60. The Kier molecular flexibility index (Phi) is 9.80. The largest absolute Gasteiger partial charge is 0.327 e. The summed E-state index contributed by atoms with van der Waals surface area (Å²) >= 11 is 0. The lowest BCUT2D eigenvalue weighted by Gasteiger charge is -2.09. The molecule has 0 aromatic carbocycles. The fraction of sp³-hybridized carbons (Fsp3) is 0.625. The minimum Gasteiger partial charge on any atom is -0.324 e. The summed E-state index contributed by atoms with van der Waals surface area (Å²) in [6.07, 6.45) is 9.89. The van der Waals surface area contributed by atoms with Crippen LogP contribution in [0.2, 0.25) is 0 Å². The van der Waals surface area contributed by atoms with E-state index in [-0.39, 0.29) is 6.16 Å². The molecule has 122 valence electrons. The zero-order chi connectivity index (χ0) is 16.5. The van der Waals surface area contributed by atoms with Gasteiger partial charge in [0.15, 0.2) is 0 Å². The average Bonchev–Trinajstić information content (AvgIpc) is 2.25. The van der Waals surface area contributed by atoms with Crippen LogP contribution in [0.4, 0.5) is 0 Å². The maximum absolute atomic E-state index is 10.8. The molecule has 0 amide bonds. The van der Waals surface area contributed by atoms with E-state index in [0.29, 0.717) is 0 Å². The minimum atomic E-state index is -4.03. The van der Waals surface area contributed by atoms with E-state index in [1.807, 2.05) is 6.92 Å².